The van der Waals surface area contributed by atoms with E-state index in [2.05, 4.69) is 20.9 Å². The Hall–Kier alpha value is -1.70. The molecule has 21 heavy (non-hydrogen) atoms. The highest BCUT2D eigenvalue weighted by molar-refractivity contribution is 9.10. The number of nitro groups is 1. The van der Waals surface area contributed by atoms with E-state index in [9.17, 15) is 14.9 Å². The van der Waals surface area contributed by atoms with Gasteiger partial charge in [0.25, 0.3) is 0 Å². The average molecular weight is 357 g/mol. The molecule has 1 aromatic heterocycles. The van der Waals surface area contributed by atoms with Crippen molar-refractivity contribution in [1.29, 1.82) is 0 Å². The normalized spacial score (nSPS) is 16.7. The molecule has 0 bridgehead atoms. The van der Waals surface area contributed by atoms with Crippen molar-refractivity contribution >= 4 is 33.3 Å². The number of aromatic nitrogens is 1. The van der Waals surface area contributed by atoms with E-state index in [1.165, 1.54) is 6.07 Å². The van der Waals surface area contributed by atoms with Crippen LogP contribution in [0.1, 0.15) is 13.3 Å². The van der Waals surface area contributed by atoms with Crippen molar-refractivity contribution in [3.05, 3.63) is 28.4 Å². The van der Waals surface area contributed by atoms with E-state index in [0.717, 1.165) is 6.42 Å². The van der Waals surface area contributed by atoms with Crippen LogP contribution in [-0.4, -0.2) is 51.7 Å². The van der Waals surface area contributed by atoms with Crippen LogP contribution in [0.2, 0.25) is 0 Å². The lowest BCUT2D eigenvalue weighted by molar-refractivity contribution is -0.384. The molecule has 0 radical (unpaired) electrons. The van der Waals surface area contributed by atoms with Gasteiger partial charge in [0.2, 0.25) is 11.7 Å². The minimum Gasteiger partial charge on any atom is -0.347 e. The average Bonchev–Trinajstić information content (AvgIpc) is 2.53. The van der Waals surface area contributed by atoms with E-state index in [1.54, 1.807) is 17.2 Å². The number of carbonyl (C=O) groups is 1. The molecule has 8 heteroatoms. The van der Waals surface area contributed by atoms with Gasteiger partial charge in [0, 0.05) is 38.4 Å². The Kier molecular flexibility index (Phi) is 5.11. The second-order valence-corrected chi connectivity index (χ2v) is 5.90. The third kappa shape index (κ3) is 3.49. The molecular formula is C13H17BrN4O3. The monoisotopic (exact) mass is 356 g/mol. The van der Waals surface area contributed by atoms with Gasteiger partial charge in [0.15, 0.2) is 0 Å². The van der Waals surface area contributed by atoms with Gasteiger partial charge < -0.3 is 9.80 Å². The summed E-state index contributed by atoms with van der Waals surface area (Å²) in [4.78, 5) is 30.3. The molecule has 0 saturated carbocycles. The summed E-state index contributed by atoms with van der Waals surface area (Å²) in [5, 5.41) is 11.0. The van der Waals surface area contributed by atoms with E-state index in [0.29, 0.717) is 32.0 Å². The van der Waals surface area contributed by atoms with Crippen molar-refractivity contribution in [2.24, 2.45) is 0 Å². The summed E-state index contributed by atoms with van der Waals surface area (Å²) < 4.78 is 0. The fourth-order valence-corrected chi connectivity index (χ4v) is 2.58. The minimum atomic E-state index is -0.425. The second kappa shape index (κ2) is 6.84. The number of nitrogens with zero attached hydrogens (tertiary/aromatic N) is 4. The van der Waals surface area contributed by atoms with Gasteiger partial charge in [0.05, 0.1) is 9.75 Å². The molecule has 114 valence electrons. The Balaban J connectivity index is 2.05. The molecule has 1 aliphatic heterocycles. The molecule has 0 aromatic carbocycles. The number of halogens is 1. The van der Waals surface area contributed by atoms with E-state index in [1.807, 2.05) is 11.8 Å². The molecule has 1 fully saturated rings. The van der Waals surface area contributed by atoms with Gasteiger partial charge >= 0.3 is 5.69 Å². The largest absolute Gasteiger partial charge is 0.347 e. The van der Waals surface area contributed by atoms with Gasteiger partial charge in [0.1, 0.15) is 0 Å². The predicted octanol–water partition coefficient (Wildman–Crippen LogP) is 1.81. The lowest BCUT2D eigenvalue weighted by atomic mass is 10.2. The standard InChI is InChI=1S/C13H17BrN4O3/c1-2-10(14)13(19)17-8-6-16(7-9-17)12-11(18(20)21)4-3-5-15-12/h3-5,10H,2,6-9H2,1H3. The quantitative estimate of drug-likeness (QED) is 0.467. The summed E-state index contributed by atoms with van der Waals surface area (Å²) in [5.41, 5.74) is 0.00389. The maximum absolute atomic E-state index is 12.1. The van der Waals surface area contributed by atoms with Gasteiger partial charge in [-0.1, -0.05) is 22.9 Å². The van der Waals surface area contributed by atoms with Crippen LogP contribution in [0.15, 0.2) is 18.3 Å². The fourth-order valence-electron chi connectivity index (χ4n) is 2.29. The number of hydrogen-bond donors (Lipinski definition) is 0. The van der Waals surface area contributed by atoms with Gasteiger partial charge in [-0.2, -0.15) is 0 Å². The van der Waals surface area contributed by atoms with Crippen LogP contribution in [0.25, 0.3) is 0 Å². The van der Waals surface area contributed by atoms with Crippen LogP contribution in [0.3, 0.4) is 0 Å². The molecule has 1 saturated heterocycles. The summed E-state index contributed by atoms with van der Waals surface area (Å²) >= 11 is 3.36. The Bertz CT molecular complexity index is 532. The molecule has 7 nitrogen and oxygen atoms in total. The SMILES string of the molecule is CCC(Br)C(=O)N1CCN(c2ncccc2[N+](=O)[O-])CC1. The number of pyridine rings is 1. The summed E-state index contributed by atoms with van der Waals surface area (Å²) in [6.07, 6.45) is 2.29. The first-order valence-corrected chi connectivity index (χ1v) is 7.73. The highest BCUT2D eigenvalue weighted by Crippen LogP contribution is 2.26. The van der Waals surface area contributed by atoms with Crippen LogP contribution >= 0.6 is 15.9 Å². The molecule has 0 spiro atoms. The molecule has 2 rings (SSSR count). The van der Waals surface area contributed by atoms with Crippen molar-refractivity contribution in [2.75, 3.05) is 31.1 Å². The van der Waals surface area contributed by atoms with E-state index in [4.69, 9.17) is 0 Å². The first-order chi connectivity index (χ1) is 10.0. The van der Waals surface area contributed by atoms with Crippen molar-refractivity contribution in [2.45, 2.75) is 18.2 Å². The van der Waals surface area contributed by atoms with Crippen LogP contribution < -0.4 is 4.90 Å². The smallest absolute Gasteiger partial charge is 0.311 e. The zero-order valence-electron chi connectivity index (χ0n) is 11.7. The minimum absolute atomic E-state index is 0.00389. The Morgan fingerprint density at radius 2 is 2.14 bits per heavy atom. The number of anilines is 1. The second-order valence-electron chi connectivity index (χ2n) is 4.79. The van der Waals surface area contributed by atoms with E-state index >= 15 is 0 Å². The summed E-state index contributed by atoms with van der Waals surface area (Å²) in [7, 11) is 0. The summed E-state index contributed by atoms with van der Waals surface area (Å²) in [5.74, 6) is 0.452. The van der Waals surface area contributed by atoms with Crippen LogP contribution in [0, 0.1) is 10.1 Å². The zero-order valence-corrected chi connectivity index (χ0v) is 13.3. The first-order valence-electron chi connectivity index (χ1n) is 6.81. The van der Waals surface area contributed by atoms with Gasteiger partial charge in [-0.05, 0) is 12.5 Å². The number of carbonyl (C=O) groups excluding carboxylic acids is 1. The lowest BCUT2D eigenvalue weighted by Crippen LogP contribution is -2.51. The Morgan fingerprint density at radius 1 is 1.48 bits per heavy atom. The Labute approximate surface area is 131 Å². The van der Waals surface area contributed by atoms with E-state index in [-0.39, 0.29) is 16.4 Å². The van der Waals surface area contributed by atoms with Gasteiger partial charge in [-0.15, -0.1) is 0 Å². The highest BCUT2D eigenvalue weighted by atomic mass is 79.9. The third-order valence-electron chi connectivity index (χ3n) is 3.48. The lowest BCUT2D eigenvalue weighted by Gasteiger charge is -2.35. The van der Waals surface area contributed by atoms with Crippen LogP contribution in [0.5, 0.6) is 0 Å². The molecule has 1 unspecified atom stereocenters. The number of piperazine rings is 1. The van der Waals surface area contributed by atoms with Crippen LogP contribution in [0.4, 0.5) is 11.5 Å². The van der Waals surface area contributed by atoms with Gasteiger partial charge in [-0.25, -0.2) is 4.98 Å². The number of alkyl halides is 1. The van der Waals surface area contributed by atoms with E-state index < -0.39 is 4.92 Å². The van der Waals surface area contributed by atoms with Crippen molar-refractivity contribution < 1.29 is 9.72 Å². The number of rotatable bonds is 4. The molecule has 1 amide bonds. The van der Waals surface area contributed by atoms with Crippen LogP contribution in [-0.2, 0) is 4.79 Å². The first kappa shape index (κ1) is 15.7. The molecule has 2 heterocycles. The molecule has 1 aromatic rings. The van der Waals surface area contributed by atoms with Gasteiger partial charge in [-0.3, -0.25) is 14.9 Å². The third-order valence-corrected chi connectivity index (χ3v) is 4.52. The fraction of sp³-hybridized carbons (Fsp3) is 0.538. The topological polar surface area (TPSA) is 79.6 Å². The molecular weight excluding hydrogens is 340 g/mol. The molecule has 1 atom stereocenters. The number of amides is 1. The predicted molar refractivity (Wildman–Crippen MR) is 82.7 cm³/mol. The maximum Gasteiger partial charge on any atom is 0.311 e. The van der Waals surface area contributed by atoms with Crippen molar-refractivity contribution in [3.8, 4) is 0 Å². The maximum atomic E-state index is 12.1. The zero-order chi connectivity index (χ0) is 15.4. The molecule has 1 aliphatic rings. The van der Waals surface area contributed by atoms with Crippen molar-refractivity contribution in [3.63, 3.8) is 0 Å². The van der Waals surface area contributed by atoms with Crippen molar-refractivity contribution in [1.82, 2.24) is 9.88 Å². The summed E-state index contributed by atoms with van der Waals surface area (Å²) in [6, 6.07) is 3.00. The Morgan fingerprint density at radius 3 is 2.71 bits per heavy atom. The molecule has 0 aliphatic carbocycles. The summed E-state index contributed by atoms with van der Waals surface area (Å²) in [6.45, 7) is 4.15. The highest BCUT2D eigenvalue weighted by Gasteiger charge is 2.28. The number of hydrogen-bond acceptors (Lipinski definition) is 5. The molecule has 0 N–H and O–H groups in total.